The van der Waals surface area contributed by atoms with Crippen molar-refractivity contribution in [2.75, 3.05) is 6.61 Å². The molecule has 1 aliphatic rings. The summed E-state index contributed by atoms with van der Waals surface area (Å²) >= 11 is 1.70. The van der Waals surface area contributed by atoms with Gasteiger partial charge in [-0.25, -0.2) is 4.39 Å². The summed E-state index contributed by atoms with van der Waals surface area (Å²) in [5, 5.41) is 40.3. The molecule has 0 aliphatic carbocycles. The van der Waals surface area contributed by atoms with E-state index in [2.05, 4.69) is 24.3 Å². The maximum Gasteiger partial charge on any atom is 0.123 e. The minimum atomic E-state index is -1.41. The maximum atomic E-state index is 13.2. The summed E-state index contributed by atoms with van der Waals surface area (Å²) in [6.07, 6.45) is -5.20. The van der Waals surface area contributed by atoms with Crippen molar-refractivity contribution in [3.63, 3.8) is 0 Å². The van der Waals surface area contributed by atoms with Crippen molar-refractivity contribution in [3.8, 4) is 21.6 Å². The monoisotopic (exact) mass is 520 g/mol. The zero-order valence-electron chi connectivity index (χ0n) is 20.3. The lowest BCUT2D eigenvalue weighted by Crippen LogP contribution is -2.55. The maximum absolute atomic E-state index is 13.2. The average Bonchev–Trinajstić information content (AvgIpc) is 3.38. The van der Waals surface area contributed by atoms with Gasteiger partial charge in [0.15, 0.2) is 0 Å². The van der Waals surface area contributed by atoms with Crippen LogP contribution in [0.15, 0.2) is 78.9 Å². The molecule has 0 spiro atoms. The zero-order chi connectivity index (χ0) is 26.1. The van der Waals surface area contributed by atoms with Gasteiger partial charge >= 0.3 is 0 Å². The number of aryl methyl sites for hydroxylation is 1. The Kier molecular flexibility index (Phi) is 7.53. The molecule has 5 rings (SSSR count). The van der Waals surface area contributed by atoms with Gasteiger partial charge in [0.1, 0.15) is 36.3 Å². The van der Waals surface area contributed by atoms with Crippen LogP contribution in [0.4, 0.5) is 4.39 Å². The van der Waals surface area contributed by atoms with E-state index >= 15 is 0 Å². The Morgan fingerprint density at radius 1 is 0.784 bits per heavy atom. The van der Waals surface area contributed by atoms with Gasteiger partial charge in [0.2, 0.25) is 0 Å². The summed E-state index contributed by atoms with van der Waals surface area (Å²) in [6, 6.07) is 24.6. The highest BCUT2D eigenvalue weighted by molar-refractivity contribution is 7.15. The summed E-state index contributed by atoms with van der Waals surface area (Å²) in [7, 11) is 0. The summed E-state index contributed by atoms with van der Waals surface area (Å²) < 4.78 is 19.0. The molecule has 5 unspecified atom stereocenters. The van der Waals surface area contributed by atoms with E-state index in [1.807, 2.05) is 37.3 Å². The largest absolute Gasteiger partial charge is 0.394 e. The van der Waals surface area contributed by atoms with E-state index in [1.54, 1.807) is 23.5 Å². The third-order valence-corrected chi connectivity index (χ3v) is 8.10. The first-order chi connectivity index (χ1) is 17.8. The highest BCUT2D eigenvalue weighted by Gasteiger charge is 2.44. The number of rotatable bonds is 6. The Bertz CT molecular complexity index is 1350. The molecule has 0 bridgehead atoms. The molecule has 1 aliphatic heterocycles. The lowest BCUT2D eigenvalue weighted by atomic mass is 9.89. The molecular formula is C30H29FO5S. The number of hydrogen-bond donors (Lipinski definition) is 4. The van der Waals surface area contributed by atoms with Crippen LogP contribution in [-0.2, 0) is 11.2 Å². The second-order valence-corrected chi connectivity index (χ2v) is 10.6. The summed E-state index contributed by atoms with van der Waals surface area (Å²) in [5.41, 5.74) is 5.94. The van der Waals surface area contributed by atoms with Gasteiger partial charge in [0, 0.05) is 16.2 Å². The number of benzene rings is 3. The van der Waals surface area contributed by atoms with Crippen molar-refractivity contribution in [2.45, 2.75) is 43.9 Å². The Morgan fingerprint density at radius 3 is 2.11 bits per heavy atom. The van der Waals surface area contributed by atoms with Crippen LogP contribution in [0, 0.1) is 12.7 Å². The molecule has 4 aromatic rings. The molecule has 7 heteroatoms. The van der Waals surface area contributed by atoms with Gasteiger partial charge < -0.3 is 25.2 Å². The molecule has 0 saturated carbocycles. The number of ether oxygens (including phenoxy) is 1. The Balaban J connectivity index is 1.33. The number of hydrogen-bond acceptors (Lipinski definition) is 6. The minimum absolute atomic E-state index is 0.250. The number of aliphatic hydroxyl groups is 4. The molecule has 37 heavy (non-hydrogen) atoms. The van der Waals surface area contributed by atoms with Gasteiger partial charge in [-0.05, 0) is 64.6 Å². The fourth-order valence-corrected chi connectivity index (χ4v) is 5.76. The molecule has 5 nitrogen and oxygen atoms in total. The van der Waals surface area contributed by atoms with Crippen LogP contribution in [0.25, 0.3) is 21.6 Å². The highest BCUT2D eigenvalue weighted by Crippen LogP contribution is 2.35. The SMILES string of the molecule is Cc1ccc(C2OC(CO)C(O)C(O)C2O)cc1Cc1ccc(-c2ccc(-c3ccc(F)cc3)cc2)s1. The zero-order valence-corrected chi connectivity index (χ0v) is 21.1. The minimum Gasteiger partial charge on any atom is -0.394 e. The van der Waals surface area contributed by atoms with Crippen LogP contribution in [0.1, 0.15) is 27.7 Å². The molecule has 5 atom stereocenters. The summed E-state index contributed by atoms with van der Waals surface area (Å²) in [4.78, 5) is 2.31. The van der Waals surface area contributed by atoms with Gasteiger partial charge in [-0.3, -0.25) is 0 Å². The van der Waals surface area contributed by atoms with E-state index in [4.69, 9.17) is 4.74 Å². The van der Waals surface area contributed by atoms with Crippen LogP contribution >= 0.6 is 11.3 Å². The quantitative estimate of drug-likeness (QED) is 0.298. The van der Waals surface area contributed by atoms with Crippen molar-refractivity contribution < 1.29 is 29.6 Å². The molecule has 192 valence electrons. The Morgan fingerprint density at radius 2 is 1.43 bits per heavy atom. The smallest absolute Gasteiger partial charge is 0.123 e. The van der Waals surface area contributed by atoms with Gasteiger partial charge in [-0.15, -0.1) is 11.3 Å². The third-order valence-electron chi connectivity index (χ3n) is 6.97. The van der Waals surface area contributed by atoms with Crippen LogP contribution in [0.2, 0.25) is 0 Å². The van der Waals surface area contributed by atoms with Crippen LogP contribution in [0.5, 0.6) is 0 Å². The average molecular weight is 521 g/mol. The fourth-order valence-electron chi connectivity index (χ4n) is 4.72. The van der Waals surface area contributed by atoms with E-state index in [9.17, 15) is 24.8 Å². The lowest BCUT2D eigenvalue weighted by Gasteiger charge is -2.40. The molecule has 1 fully saturated rings. The Hall–Kier alpha value is -2.91. The topological polar surface area (TPSA) is 90.2 Å². The fraction of sp³-hybridized carbons (Fsp3) is 0.267. The van der Waals surface area contributed by atoms with Crippen molar-refractivity contribution in [3.05, 3.63) is 106 Å². The molecule has 1 aromatic heterocycles. The first-order valence-corrected chi connectivity index (χ1v) is 13.0. The van der Waals surface area contributed by atoms with Crippen molar-refractivity contribution in [1.29, 1.82) is 0 Å². The first-order valence-electron chi connectivity index (χ1n) is 12.2. The Labute approximate surface area is 219 Å². The van der Waals surface area contributed by atoms with Crippen LogP contribution in [-0.4, -0.2) is 51.4 Å². The lowest BCUT2D eigenvalue weighted by molar-refractivity contribution is -0.231. The molecular weight excluding hydrogens is 491 g/mol. The molecule has 0 radical (unpaired) electrons. The first kappa shape index (κ1) is 25.7. The molecule has 1 saturated heterocycles. The number of thiophene rings is 1. The molecule has 2 heterocycles. The second-order valence-electron chi connectivity index (χ2n) is 9.46. The van der Waals surface area contributed by atoms with Gasteiger partial charge in [0.25, 0.3) is 0 Å². The highest BCUT2D eigenvalue weighted by atomic mass is 32.1. The van der Waals surface area contributed by atoms with E-state index in [-0.39, 0.29) is 5.82 Å². The summed E-state index contributed by atoms with van der Waals surface area (Å²) in [6.45, 7) is 1.57. The van der Waals surface area contributed by atoms with Crippen LogP contribution < -0.4 is 0 Å². The van der Waals surface area contributed by atoms with E-state index < -0.39 is 37.1 Å². The molecule has 0 amide bonds. The predicted octanol–water partition coefficient (Wildman–Crippen LogP) is 4.64. The van der Waals surface area contributed by atoms with Gasteiger partial charge in [-0.1, -0.05) is 54.6 Å². The molecule has 3 aromatic carbocycles. The second kappa shape index (κ2) is 10.8. The van der Waals surface area contributed by atoms with E-state index in [1.165, 1.54) is 17.0 Å². The van der Waals surface area contributed by atoms with Gasteiger partial charge in [-0.2, -0.15) is 0 Å². The van der Waals surface area contributed by atoms with E-state index in [0.29, 0.717) is 12.0 Å². The van der Waals surface area contributed by atoms with Crippen molar-refractivity contribution in [2.24, 2.45) is 0 Å². The van der Waals surface area contributed by atoms with Crippen molar-refractivity contribution >= 4 is 11.3 Å². The van der Waals surface area contributed by atoms with Crippen LogP contribution in [0.3, 0.4) is 0 Å². The normalized spacial score (nSPS) is 23.8. The summed E-state index contributed by atoms with van der Waals surface area (Å²) in [5.74, 6) is -0.250. The molecule has 4 N–H and O–H groups in total. The third kappa shape index (κ3) is 5.38. The number of aliphatic hydroxyl groups excluding tert-OH is 4. The standard InChI is InChI=1S/C30H29FO5S/c1-17-2-3-21(30-29(35)28(34)27(33)25(16-32)36-30)14-22(17)15-24-12-13-26(37-24)20-6-4-18(5-7-20)19-8-10-23(31)11-9-19/h2-14,25,27-30,32-35H,15-16H2,1H3. The van der Waals surface area contributed by atoms with E-state index in [0.717, 1.165) is 32.7 Å². The predicted molar refractivity (Wildman–Crippen MR) is 142 cm³/mol. The van der Waals surface area contributed by atoms with Crippen molar-refractivity contribution in [1.82, 2.24) is 0 Å². The number of halogens is 1. The van der Waals surface area contributed by atoms with Gasteiger partial charge in [0.05, 0.1) is 6.61 Å².